The van der Waals surface area contributed by atoms with Gasteiger partial charge in [0.05, 0.1) is 5.39 Å². The first-order chi connectivity index (χ1) is 11.8. The molecule has 132 valence electrons. The van der Waals surface area contributed by atoms with Gasteiger partial charge in [0.1, 0.15) is 4.83 Å². The average Bonchev–Trinajstić information content (AvgIpc) is 2.76. The lowest BCUT2D eigenvalue weighted by molar-refractivity contribution is 0.558. The van der Waals surface area contributed by atoms with Gasteiger partial charge in [0.2, 0.25) is 0 Å². The molecule has 1 aliphatic rings. The third-order valence-corrected chi connectivity index (χ3v) is 7.00. The summed E-state index contributed by atoms with van der Waals surface area (Å²) in [5, 5.41) is 1.87. The van der Waals surface area contributed by atoms with Gasteiger partial charge in [0.15, 0.2) is 5.16 Å². The molecule has 1 aliphatic carbocycles. The Morgan fingerprint density at radius 2 is 1.92 bits per heavy atom. The lowest BCUT2D eigenvalue weighted by Crippen LogP contribution is -2.23. The number of nitrogens with zero attached hydrogens (tertiary/aromatic N) is 2. The zero-order valence-electron chi connectivity index (χ0n) is 14.9. The van der Waals surface area contributed by atoms with Crippen LogP contribution in [0.1, 0.15) is 69.2 Å². The van der Waals surface area contributed by atoms with Gasteiger partial charge in [-0.05, 0) is 44.1 Å². The van der Waals surface area contributed by atoms with Crippen LogP contribution in [0.5, 0.6) is 0 Å². The van der Waals surface area contributed by atoms with E-state index in [-0.39, 0.29) is 5.56 Å². The number of rotatable bonds is 7. The summed E-state index contributed by atoms with van der Waals surface area (Å²) in [7, 11) is 0. The molecule has 0 aromatic carbocycles. The molecule has 24 heavy (non-hydrogen) atoms. The van der Waals surface area contributed by atoms with E-state index in [1.54, 1.807) is 23.1 Å². The first-order valence-corrected chi connectivity index (χ1v) is 11.2. The van der Waals surface area contributed by atoms with Gasteiger partial charge in [-0.2, -0.15) is 0 Å². The fourth-order valence-corrected chi connectivity index (χ4v) is 5.74. The summed E-state index contributed by atoms with van der Waals surface area (Å²) in [5.41, 5.74) is 1.53. The molecular formula is C19H28N2OS2. The van der Waals surface area contributed by atoms with Crippen LogP contribution < -0.4 is 5.56 Å². The largest absolute Gasteiger partial charge is 0.287 e. The molecule has 2 heterocycles. The Morgan fingerprint density at radius 3 is 2.71 bits per heavy atom. The Kier molecular flexibility index (Phi) is 6.39. The Hall–Kier alpha value is -0.810. The van der Waals surface area contributed by atoms with Crippen LogP contribution in [-0.2, 0) is 19.4 Å². The highest BCUT2D eigenvalue weighted by Gasteiger charge is 2.21. The molecule has 0 spiro atoms. The van der Waals surface area contributed by atoms with E-state index in [0.29, 0.717) is 0 Å². The monoisotopic (exact) mass is 364 g/mol. The van der Waals surface area contributed by atoms with Gasteiger partial charge in [0.25, 0.3) is 5.56 Å². The maximum absolute atomic E-state index is 13.2. The summed E-state index contributed by atoms with van der Waals surface area (Å²) in [6.07, 6.45) is 10.4. The van der Waals surface area contributed by atoms with E-state index in [2.05, 4.69) is 13.8 Å². The van der Waals surface area contributed by atoms with Gasteiger partial charge in [-0.3, -0.25) is 9.36 Å². The van der Waals surface area contributed by atoms with Crippen molar-refractivity contribution in [1.82, 2.24) is 9.55 Å². The Labute approximate surface area is 152 Å². The van der Waals surface area contributed by atoms with E-state index in [1.807, 2.05) is 4.57 Å². The number of thiophene rings is 1. The molecule has 2 aromatic rings. The van der Waals surface area contributed by atoms with Crippen molar-refractivity contribution in [2.45, 2.75) is 83.3 Å². The van der Waals surface area contributed by atoms with Crippen LogP contribution in [0.15, 0.2) is 9.95 Å². The van der Waals surface area contributed by atoms with Gasteiger partial charge in [-0.25, -0.2) is 4.98 Å². The SMILES string of the molecule is CCCCSc1nc2sc3c(c2c(=O)n1CCCC)CCCCC3. The molecule has 3 rings (SSSR count). The fraction of sp³-hybridized carbons (Fsp3) is 0.684. The molecule has 0 N–H and O–H groups in total. The maximum atomic E-state index is 13.2. The summed E-state index contributed by atoms with van der Waals surface area (Å²) < 4.78 is 1.96. The highest BCUT2D eigenvalue weighted by molar-refractivity contribution is 7.99. The van der Waals surface area contributed by atoms with Crippen LogP contribution in [0.3, 0.4) is 0 Å². The third kappa shape index (κ3) is 3.72. The van der Waals surface area contributed by atoms with E-state index in [1.165, 1.54) is 42.5 Å². The zero-order valence-corrected chi connectivity index (χ0v) is 16.5. The third-order valence-electron chi connectivity index (χ3n) is 4.75. The van der Waals surface area contributed by atoms with E-state index >= 15 is 0 Å². The number of aryl methyl sites for hydroxylation is 2. The fourth-order valence-electron chi connectivity index (χ4n) is 3.33. The van der Waals surface area contributed by atoms with Gasteiger partial charge in [-0.15, -0.1) is 11.3 Å². The van der Waals surface area contributed by atoms with Crippen molar-refractivity contribution in [2.75, 3.05) is 5.75 Å². The number of fused-ring (bicyclic) bond motifs is 3. The maximum Gasteiger partial charge on any atom is 0.263 e. The van der Waals surface area contributed by atoms with Crippen LogP contribution in [0.25, 0.3) is 10.2 Å². The van der Waals surface area contributed by atoms with Gasteiger partial charge < -0.3 is 0 Å². The average molecular weight is 365 g/mol. The van der Waals surface area contributed by atoms with Gasteiger partial charge >= 0.3 is 0 Å². The Morgan fingerprint density at radius 1 is 1.12 bits per heavy atom. The van der Waals surface area contributed by atoms with Crippen LogP contribution in [0.4, 0.5) is 0 Å². The molecule has 2 aromatic heterocycles. The molecule has 3 nitrogen and oxygen atoms in total. The van der Waals surface area contributed by atoms with Crippen LogP contribution in [0.2, 0.25) is 0 Å². The molecule has 0 unspecified atom stereocenters. The number of thioether (sulfide) groups is 1. The van der Waals surface area contributed by atoms with Crippen molar-refractivity contribution in [3.05, 3.63) is 20.8 Å². The second-order valence-electron chi connectivity index (χ2n) is 6.65. The van der Waals surface area contributed by atoms with E-state index in [0.717, 1.165) is 53.4 Å². The molecule has 0 saturated carbocycles. The highest BCUT2D eigenvalue weighted by Crippen LogP contribution is 2.34. The minimum Gasteiger partial charge on any atom is -0.287 e. The summed E-state index contributed by atoms with van der Waals surface area (Å²) in [4.78, 5) is 20.6. The smallest absolute Gasteiger partial charge is 0.263 e. The van der Waals surface area contributed by atoms with Crippen molar-refractivity contribution in [3.63, 3.8) is 0 Å². The van der Waals surface area contributed by atoms with Crippen LogP contribution >= 0.6 is 23.1 Å². The van der Waals surface area contributed by atoms with E-state index < -0.39 is 0 Å². The van der Waals surface area contributed by atoms with Crippen LogP contribution in [-0.4, -0.2) is 15.3 Å². The predicted molar refractivity (Wildman–Crippen MR) is 106 cm³/mol. The summed E-state index contributed by atoms with van der Waals surface area (Å²) in [6.45, 7) is 5.19. The Bertz CT molecular complexity index is 748. The lowest BCUT2D eigenvalue weighted by Gasteiger charge is -2.12. The van der Waals surface area contributed by atoms with Gasteiger partial charge in [0, 0.05) is 17.2 Å². The molecule has 0 amide bonds. The number of aromatic nitrogens is 2. The first-order valence-electron chi connectivity index (χ1n) is 9.44. The summed E-state index contributed by atoms with van der Waals surface area (Å²) >= 11 is 3.54. The summed E-state index contributed by atoms with van der Waals surface area (Å²) in [5.74, 6) is 1.05. The minimum absolute atomic E-state index is 0.215. The normalized spacial score (nSPS) is 14.8. The topological polar surface area (TPSA) is 34.9 Å². The molecule has 0 bridgehead atoms. The highest BCUT2D eigenvalue weighted by atomic mass is 32.2. The minimum atomic E-state index is 0.215. The van der Waals surface area contributed by atoms with Crippen molar-refractivity contribution in [2.24, 2.45) is 0 Å². The molecule has 0 fully saturated rings. The molecular weight excluding hydrogens is 336 g/mol. The zero-order chi connectivity index (χ0) is 16.9. The number of unbranched alkanes of at least 4 members (excludes halogenated alkanes) is 2. The molecule has 5 heteroatoms. The molecule has 0 radical (unpaired) electrons. The molecule has 0 saturated heterocycles. The van der Waals surface area contributed by atoms with E-state index in [9.17, 15) is 4.79 Å². The first kappa shape index (κ1) is 18.0. The standard InChI is InChI=1S/C19H28N2OS2/c1-3-5-12-21-18(22)16-14-10-8-7-9-11-15(14)24-17(16)20-19(21)23-13-6-4-2/h3-13H2,1-2H3. The molecule has 0 atom stereocenters. The van der Waals surface area contributed by atoms with E-state index in [4.69, 9.17) is 4.98 Å². The van der Waals surface area contributed by atoms with Gasteiger partial charge in [-0.1, -0.05) is 44.9 Å². The molecule has 0 aliphatic heterocycles. The predicted octanol–water partition coefficient (Wildman–Crippen LogP) is 5.42. The Balaban J connectivity index is 2.07. The van der Waals surface area contributed by atoms with Crippen LogP contribution in [0, 0.1) is 0 Å². The second-order valence-corrected chi connectivity index (χ2v) is 8.80. The van der Waals surface area contributed by atoms with Crippen molar-refractivity contribution >= 4 is 33.3 Å². The lowest BCUT2D eigenvalue weighted by atomic mass is 10.1. The van der Waals surface area contributed by atoms with Crippen molar-refractivity contribution < 1.29 is 0 Å². The summed E-state index contributed by atoms with van der Waals surface area (Å²) in [6, 6.07) is 0. The second kappa shape index (κ2) is 8.52. The van der Waals surface area contributed by atoms with Crippen molar-refractivity contribution in [3.8, 4) is 0 Å². The number of hydrogen-bond donors (Lipinski definition) is 0. The number of hydrogen-bond acceptors (Lipinski definition) is 4. The quantitative estimate of drug-likeness (QED) is 0.285. The van der Waals surface area contributed by atoms with Crippen molar-refractivity contribution in [1.29, 1.82) is 0 Å².